The van der Waals surface area contributed by atoms with Gasteiger partial charge in [-0.25, -0.2) is 44.9 Å². The maximum atomic E-state index is 4.11. The zero-order chi connectivity index (χ0) is 55.9. The monoisotopic (exact) mass is 968 g/mol. The minimum absolute atomic E-state index is 0.775. The minimum Gasteiger partial charge on any atom is -0.261 e. The van der Waals surface area contributed by atoms with Crippen LogP contribution in [0.3, 0.4) is 0 Å². The fourth-order valence-electron chi connectivity index (χ4n) is 3.73. The summed E-state index contributed by atoms with van der Waals surface area (Å²) in [6, 6.07) is 5.71. The van der Waals surface area contributed by atoms with E-state index in [-0.39, 0.29) is 0 Å². The maximum absolute atomic E-state index is 4.11. The molecule has 0 radical (unpaired) electrons. The van der Waals surface area contributed by atoms with Crippen molar-refractivity contribution in [1.29, 1.82) is 0 Å². The molecule has 0 saturated heterocycles. The molecular weight excluding hydrogens is 871 g/mol. The summed E-state index contributed by atoms with van der Waals surface area (Å²) in [5.41, 5.74) is 9.93. The molecule has 15 heteroatoms. The first kappa shape index (κ1) is 77.7. The predicted octanol–water partition coefficient (Wildman–Crippen LogP) is 14.2. The van der Waals surface area contributed by atoms with Crippen LogP contribution in [0.15, 0.2) is 80.4 Å². The van der Waals surface area contributed by atoms with Gasteiger partial charge in [0.05, 0.1) is 34.2 Å². The van der Waals surface area contributed by atoms with Crippen molar-refractivity contribution in [3.63, 3.8) is 0 Å². The molecule has 0 fully saturated rings. The summed E-state index contributed by atoms with van der Waals surface area (Å²) in [4.78, 5) is 59.5. The lowest BCUT2D eigenvalue weighted by Gasteiger charge is -1.89. The fraction of sp³-hybridized carbons (Fsp3) is 0.509. The largest absolute Gasteiger partial charge is 0.261 e. The van der Waals surface area contributed by atoms with Crippen LogP contribution < -0.4 is 0 Å². The third-order valence-electron chi connectivity index (χ3n) is 6.28. The van der Waals surface area contributed by atoms with Crippen LogP contribution in [-0.4, -0.2) is 74.8 Å². The summed E-state index contributed by atoms with van der Waals surface area (Å²) in [5.74, 6) is 3.23. The fourth-order valence-corrected chi connectivity index (χ4v) is 3.73. The molecule has 0 spiro atoms. The molecule has 7 aromatic heterocycles. The normalized spacial score (nSPS) is 8.00. The standard InChI is InChI=1S/6C6H8N2.C5H7N3.7C2H6/c2*1-5-3-8-6(2)4-7-5;1-5-3-7-4-6(2)8-5;1-5-3-6(2)8-4-7-5;2*1-5-3-4-7-6(2)8-5;1-4-6-3-7-5(2)8-4;7*1-2/h6*3-4H,1-2H3;3H,1-2H3;7*1-2H3. The van der Waals surface area contributed by atoms with Gasteiger partial charge in [-0.05, 0) is 115 Å². The van der Waals surface area contributed by atoms with Crippen molar-refractivity contribution in [2.75, 3.05) is 0 Å². The van der Waals surface area contributed by atoms with Gasteiger partial charge in [0, 0.05) is 72.4 Å². The molecule has 0 aliphatic heterocycles. The number of nitrogens with zero attached hydrogens (tertiary/aromatic N) is 15. The Morgan fingerprint density at radius 1 is 0.229 bits per heavy atom. The van der Waals surface area contributed by atoms with Gasteiger partial charge < -0.3 is 0 Å². The van der Waals surface area contributed by atoms with E-state index >= 15 is 0 Å². The highest BCUT2D eigenvalue weighted by Gasteiger charge is 1.88. The van der Waals surface area contributed by atoms with Crippen LogP contribution in [0, 0.1) is 96.9 Å². The van der Waals surface area contributed by atoms with Crippen LogP contribution in [0.5, 0.6) is 0 Å². The molecule has 0 amide bonds. The first-order chi connectivity index (χ1) is 33.5. The first-order valence-electron chi connectivity index (χ1n) is 24.7. The molecule has 0 bridgehead atoms. The highest BCUT2D eigenvalue weighted by Crippen LogP contribution is 1.93. The minimum atomic E-state index is 0.775. The molecule has 7 aromatic rings. The van der Waals surface area contributed by atoms with E-state index in [4.69, 9.17) is 0 Å². The summed E-state index contributed by atoms with van der Waals surface area (Å²) in [6.07, 6.45) is 17.1. The highest BCUT2D eigenvalue weighted by atomic mass is 15.0. The third-order valence-corrected chi connectivity index (χ3v) is 6.28. The number of aromatic nitrogens is 15. The van der Waals surface area contributed by atoms with Crippen LogP contribution in [-0.2, 0) is 0 Å². The molecule has 15 nitrogen and oxygen atoms in total. The Morgan fingerprint density at radius 2 is 0.500 bits per heavy atom. The molecule has 0 atom stereocenters. The summed E-state index contributed by atoms with van der Waals surface area (Å²) in [6.45, 7) is 54.8. The second-order valence-corrected chi connectivity index (χ2v) is 12.3. The second kappa shape index (κ2) is 58.6. The van der Waals surface area contributed by atoms with Crippen LogP contribution >= 0.6 is 0 Å². The van der Waals surface area contributed by atoms with Gasteiger partial charge in [-0.15, -0.1) is 0 Å². The highest BCUT2D eigenvalue weighted by molar-refractivity contribution is 5.04. The van der Waals surface area contributed by atoms with Gasteiger partial charge >= 0.3 is 0 Å². The van der Waals surface area contributed by atoms with E-state index in [1.807, 2.05) is 212 Å². The number of aryl methyl sites for hydroxylation is 14. The van der Waals surface area contributed by atoms with E-state index < -0.39 is 0 Å². The number of rotatable bonds is 0. The van der Waals surface area contributed by atoms with Crippen LogP contribution in [0.2, 0.25) is 0 Å². The Morgan fingerprint density at radius 3 is 0.657 bits per heavy atom. The molecule has 7 heterocycles. The third kappa shape index (κ3) is 55.8. The molecule has 70 heavy (non-hydrogen) atoms. The van der Waals surface area contributed by atoms with Crippen molar-refractivity contribution in [3.8, 4) is 0 Å². The molecule has 0 N–H and O–H groups in total. The Labute approximate surface area is 427 Å². The van der Waals surface area contributed by atoms with Crippen molar-refractivity contribution in [1.82, 2.24) is 74.8 Å². The van der Waals surface area contributed by atoms with Crippen LogP contribution in [0.25, 0.3) is 0 Å². The number of hydrogen-bond donors (Lipinski definition) is 0. The van der Waals surface area contributed by atoms with Gasteiger partial charge in [-0.3, -0.25) is 29.9 Å². The zero-order valence-corrected chi connectivity index (χ0v) is 49.2. The van der Waals surface area contributed by atoms with E-state index in [1.54, 1.807) is 55.9 Å². The molecule has 0 unspecified atom stereocenters. The summed E-state index contributed by atoms with van der Waals surface area (Å²) < 4.78 is 0. The van der Waals surface area contributed by atoms with Crippen molar-refractivity contribution in [2.24, 2.45) is 0 Å². The van der Waals surface area contributed by atoms with Gasteiger partial charge in [-0.2, -0.15) is 0 Å². The SMILES string of the molecule is CC.CC.CC.CC.CC.CC.CC.Cc1cc(C)ncn1.Cc1ccnc(C)n1.Cc1ccnc(C)n1.Cc1cnc(C)cn1.Cc1cnc(C)cn1.Cc1cncc(C)n1.Cc1ncnc(C)n1. The van der Waals surface area contributed by atoms with Crippen molar-refractivity contribution < 1.29 is 0 Å². The Hall–Kier alpha value is -6.51. The average Bonchev–Trinajstić information content (AvgIpc) is 3.36. The molecule has 0 aliphatic carbocycles. The Balaban J connectivity index is -0.000000127. The van der Waals surface area contributed by atoms with E-state index in [2.05, 4.69) is 74.8 Å². The van der Waals surface area contributed by atoms with E-state index in [0.717, 1.165) is 80.2 Å². The quantitative estimate of drug-likeness (QED) is 0.139. The van der Waals surface area contributed by atoms with Crippen LogP contribution in [0.4, 0.5) is 0 Å². The van der Waals surface area contributed by atoms with Crippen molar-refractivity contribution in [3.05, 3.63) is 161 Å². The Kier molecular flexibility index (Phi) is 65.1. The van der Waals surface area contributed by atoms with E-state index in [9.17, 15) is 0 Å². The molecular formula is C55H97N15. The zero-order valence-electron chi connectivity index (χ0n) is 49.2. The lowest BCUT2D eigenvalue weighted by Crippen LogP contribution is -1.91. The predicted molar refractivity (Wildman–Crippen MR) is 298 cm³/mol. The van der Waals surface area contributed by atoms with Gasteiger partial charge in [-0.1, -0.05) is 96.9 Å². The lowest BCUT2D eigenvalue weighted by atomic mass is 10.4. The molecule has 7 rings (SSSR count). The van der Waals surface area contributed by atoms with Crippen molar-refractivity contribution >= 4 is 0 Å². The van der Waals surface area contributed by atoms with E-state index in [0.29, 0.717) is 0 Å². The summed E-state index contributed by atoms with van der Waals surface area (Å²) >= 11 is 0. The molecule has 392 valence electrons. The van der Waals surface area contributed by atoms with Gasteiger partial charge in [0.2, 0.25) is 0 Å². The summed E-state index contributed by atoms with van der Waals surface area (Å²) in [7, 11) is 0. The average molecular weight is 968 g/mol. The summed E-state index contributed by atoms with van der Waals surface area (Å²) in [5, 5.41) is 0. The van der Waals surface area contributed by atoms with Crippen LogP contribution in [0.1, 0.15) is 177 Å². The molecule has 0 aromatic carbocycles. The maximum Gasteiger partial charge on any atom is 0.129 e. The van der Waals surface area contributed by atoms with Gasteiger partial charge in [0.1, 0.15) is 36.0 Å². The van der Waals surface area contributed by atoms with Crippen molar-refractivity contribution in [2.45, 2.75) is 194 Å². The second-order valence-electron chi connectivity index (χ2n) is 12.3. The molecule has 0 saturated carbocycles. The Bertz CT molecular complexity index is 1690. The van der Waals surface area contributed by atoms with Gasteiger partial charge in [0.15, 0.2) is 0 Å². The van der Waals surface area contributed by atoms with Gasteiger partial charge in [0.25, 0.3) is 0 Å². The first-order valence-corrected chi connectivity index (χ1v) is 24.7. The molecule has 0 aliphatic rings. The number of hydrogen-bond acceptors (Lipinski definition) is 15. The van der Waals surface area contributed by atoms with E-state index in [1.165, 1.54) is 6.33 Å². The smallest absolute Gasteiger partial charge is 0.129 e. The lowest BCUT2D eigenvalue weighted by molar-refractivity contribution is 0.920. The topological polar surface area (TPSA) is 193 Å².